The van der Waals surface area contributed by atoms with Gasteiger partial charge in [-0.25, -0.2) is 9.97 Å². The molecule has 1 atom stereocenters. The van der Waals surface area contributed by atoms with Gasteiger partial charge >= 0.3 is 0 Å². The quantitative estimate of drug-likeness (QED) is 0.664. The fourth-order valence-electron chi connectivity index (χ4n) is 3.77. The summed E-state index contributed by atoms with van der Waals surface area (Å²) in [5.41, 5.74) is 4.62. The van der Waals surface area contributed by atoms with Gasteiger partial charge in [0.25, 0.3) is 0 Å². The zero-order valence-electron chi connectivity index (χ0n) is 15.3. The Hall–Kier alpha value is -2.42. The summed E-state index contributed by atoms with van der Waals surface area (Å²) in [5.74, 6) is 2.71. The normalized spacial score (nSPS) is 17.4. The summed E-state index contributed by atoms with van der Waals surface area (Å²) in [5, 5.41) is 1.17. The Balaban J connectivity index is 1.90. The van der Waals surface area contributed by atoms with Crippen molar-refractivity contribution in [3.63, 3.8) is 0 Å². The molecule has 4 rings (SSSR count). The third-order valence-electron chi connectivity index (χ3n) is 5.38. The van der Waals surface area contributed by atoms with Crippen LogP contribution >= 0.6 is 0 Å². The second-order valence-corrected chi connectivity index (χ2v) is 7.22. The summed E-state index contributed by atoms with van der Waals surface area (Å²) < 4.78 is 0. The molecule has 2 aromatic carbocycles. The first-order valence-electron chi connectivity index (χ1n) is 9.25. The van der Waals surface area contributed by atoms with Gasteiger partial charge in [-0.2, -0.15) is 0 Å². The second-order valence-electron chi connectivity index (χ2n) is 7.22. The fraction of sp³-hybridized carbons (Fsp3) is 0.364. The van der Waals surface area contributed by atoms with Gasteiger partial charge in [-0.3, -0.25) is 0 Å². The van der Waals surface area contributed by atoms with E-state index < -0.39 is 0 Å². The molecule has 2 heterocycles. The molecule has 3 heteroatoms. The molecule has 0 amide bonds. The minimum Gasteiger partial charge on any atom is -0.356 e. The maximum Gasteiger partial charge on any atom is 0.162 e. The summed E-state index contributed by atoms with van der Waals surface area (Å²) in [6, 6.07) is 14.9. The molecule has 1 aliphatic heterocycles. The zero-order chi connectivity index (χ0) is 17.4. The summed E-state index contributed by atoms with van der Waals surface area (Å²) in [4.78, 5) is 12.4. The van der Waals surface area contributed by atoms with Crippen LogP contribution in [0.15, 0.2) is 42.5 Å². The molecule has 3 nitrogen and oxygen atoms in total. The highest BCUT2D eigenvalue weighted by Crippen LogP contribution is 2.32. The minimum absolute atomic E-state index is 0.775. The zero-order valence-corrected chi connectivity index (χ0v) is 15.3. The van der Waals surface area contributed by atoms with Gasteiger partial charge in [-0.05, 0) is 49.4 Å². The van der Waals surface area contributed by atoms with E-state index in [1.54, 1.807) is 0 Å². The highest BCUT2D eigenvalue weighted by Gasteiger charge is 2.24. The molecule has 0 saturated carbocycles. The number of hydrogen-bond acceptors (Lipinski definition) is 3. The van der Waals surface area contributed by atoms with Gasteiger partial charge in [0.05, 0.1) is 5.52 Å². The van der Waals surface area contributed by atoms with Crippen molar-refractivity contribution in [3.8, 4) is 11.4 Å². The van der Waals surface area contributed by atoms with Crippen LogP contribution in [0.4, 0.5) is 5.82 Å². The van der Waals surface area contributed by atoms with Gasteiger partial charge < -0.3 is 4.90 Å². The van der Waals surface area contributed by atoms with E-state index >= 15 is 0 Å². The predicted octanol–water partition coefficient (Wildman–Crippen LogP) is 5.15. The van der Waals surface area contributed by atoms with Crippen LogP contribution in [0, 0.1) is 19.8 Å². The lowest BCUT2D eigenvalue weighted by atomic mass is 10.1. The molecule has 0 N–H and O–H groups in total. The minimum atomic E-state index is 0.775. The van der Waals surface area contributed by atoms with E-state index in [0.717, 1.165) is 41.7 Å². The number of anilines is 1. The van der Waals surface area contributed by atoms with Crippen LogP contribution in [0.25, 0.3) is 22.3 Å². The lowest BCUT2D eigenvalue weighted by Gasteiger charge is -2.20. The smallest absolute Gasteiger partial charge is 0.162 e. The summed E-state index contributed by atoms with van der Waals surface area (Å²) in [6.07, 6.45) is 2.50. The highest BCUT2D eigenvalue weighted by molar-refractivity contribution is 5.91. The molecule has 0 radical (unpaired) electrons. The molecule has 1 unspecified atom stereocenters. The SMILES string of the molecule is CCC1CCN(c2nc(-c3ccccc3C)nc3cc(C)ccc23)C1. The molecule has 128 valence electrons. The van der Waals surface area contributed by atoms with Crippen molar-refractivity contribution in [3.05, 3.63) is 53.6 Å². The van der Waals surface area contributed by atoms with Crippen LogP contribution in [-0.2, 0) is 0 Å². The first-order valence-corrected chi connectivity index (χ1v) is 9.25. The highest BCUT2D eigenvalue weighted by atomic mass is 15.2. The number of aryl methyl sites for hydroxylation is 2. The van der Waals surface area contributed by atoms with Crippen molar-refractivity contribution in [2.24, 2.45) is 5.92 Å². The third kappa shape index (κ3) is 2.99. The van der Waals surface area contributed by atoms with Crippen molar-refractivity contribution < 1.29 is 0 Å². The molecule has 0 bridgehead atoms. The summed E-state index contributed by atoms with van der Waals surface area (Å²) in [7, 11) is 0. The maximum absolute atomic E-state index is 5.03. The van der Waals surface area contributed by atoms with Gasteiger partial charge in [0, 0.05) is 24.0 Å². The Kier molecular flexibility index (Phi) is 4.16. The van der Waals surface area contributed by atoms with E-state index in [-0.39, 0.29) is 0 Å². The number of rotatable bonds is 3. The van der Waals surface area contributed by atoms with Crippen molar-refractivity contribution >= 4 is 16.7 Å². The van der Waals surface area contributed by atoms with E-state index in [4.69, 9.17) is 9.97 Å². The Bertz CT molecular complexity index is 916. The topological polar surface area (TPSA) is 29.0 Å². The predicted molar refractivity (Wildman–Crippen MR) is 105 cm³/mol. The third-order valence-corrected chi connectivity index (χ3v) is 5.38. The number of fused-ring (bicyclic) bond motifs is 1. The monoisotopic (exact) mass is 331 g/mol. The van der Waals surface area contributed by atoms with Gasteiger partial charge in [0.15, 0.2) is 5.82 Å². The van der Waals surface area contributed by atoms with E-state index in [2.05, 4.69) is 68.1 Å². The molecule has 1 aromatic heterocycles. The van der Waals surface area contributed by atoms with Crippen molar-refractivity contribution in [1.82, 2.24) is 9.97 Å². The van der Waals surface area contributed by atoms with E-state index in [1.807, 2.05) is 0 Å². The summed E-state index contributed by atoms with van der Waals surface area (Å²) >= 11 is 0. The second kappa shape index (κ2) is 6.47. The van der Waals surface area contributed by atoms with Crippen molar-refractivity contribution in [1.29, 1.82) is 0 Å². The Morgan fingerprint density at radius 2 is 1.92 bits per heavy atom. The Labute approximate surface area is 149 Å². The van der Waals surface area contributed by atoms with Crippen LogP contribution in [0.2, 0.25) is 0 Å². The van der Waals surface area contributed by atoms with Crippen LogP contribution < -0.4 is 4.90 Å². The lowest BCUT2D eigenvalue weighted by molar-refractivity contribution is 0.569. The number of hydrogen-bond donors (Lipinski definition) is 0. The van der Waals surface area contributed by atoms with E-state index in [1.165, 1.54) is 29.4 Å². The summed E-state index contributed by atoms with van der Waals surface area (Å²) in [6.45, 7) is 8.73. The van der Waals surface area contributed by atoms with Crippen LogP contribution in [-0.4, -0.2) is 23.1 Å². The first-order chi connectivity index (χ1) is 12.2. The molecular formula is C22H25N3. The molecule has 3 aromatic rings. The van der Waals surface area contributed by atoms with Gasteiger partial charge in [-0.1, -0.05) is 43.7 Å². The van der Waals surface area contributed by atoms with Crippen LogP contribution in [0.3, 0.4) is 0 Å². The molecule has 1 fully saturated rings. The molecule has 0 aliphatic carbocycles. The molecule has 1 saturated heterocycles. The Morgan fingerprint density at radius 3 is 2.68 bits per heavy atom. The number of benzene rings is 2. The Morgan fingerprint density at radius 1 is 1.08 bits per heavy atom. The molecule has 25 heavy (non-hydrogen) atoms. The van der Waals surface area contributed by atoms with Crippen molar-refractivity contribution in [2.75, 3.05) is 18.0 Å². The van der Waals surface area contributed by atoms with Crippen molar-refractivity contribution in [2.45, 2.75) is 33.6 Å². The van der Waals surface area contributed by atoms with Gasteiger partial charge in [-0.15, -0.1) is 0 Å². The first kappa shape index (κ1) is 16.1. The van der Waals surface area contributed by atoms with Crippen LogP contribution in [0.5, 0.6) is 0 Å². The van der Waals surface area contributed by atoms with Crippen LogP contribution in [0.1, 0.15) is 30.9 Å². The largest absolute Gasteiger partial charge is 0.356 e. The number of aromatic nitrogens is 2. The molecular weight excluding hydrogens is 306 g/mol. The average molecular weight is 331 g/mol. The number of nitrogens with zero attached hydrogens (tertiary/aromatic N) is 3. The molecule has 1 aliphatic rings. The lowest BCUT2D eigenvalue weighted by Crippen LogP contribution is -2.21. The average Bonchev–Trinajstić information content (AvgIpc) is 3.10. The standard InChI is InChI=1S/C22H25N3/c1-4-17-11-12-25(14-17)22-19-10-9-15(2)13-20(19)23-21(24-22)18-8-6-5-7-16(18)3/h5-10,13,17H,4,11-12,14H2,1-3H3. The molecule has 0 spiro atoms. The van der Waals surface area contributed by atoms with E-state index in [9.17, 15) is 0 Å². The maximum atomic E-state index is 5.03. The van der Waals surface area contributed by atoms with Gasteiger partial charge in [0.1, 0.15) is 5.82 Å². The van der Waals surface area contributed by atoms with E-state index in [0.29, 0.717) is 0 Å². The fourth-order valence-corrected chi connectivity index (χ4v) is 3.77. The van der Waals surface area contributed by atoms with Gasteiger partial charge in [0.2, 0.25) is 0 Å².